The Morgan fingerprint density at radius 1 is 1.44 bits per heavy atom. The highest BCUT2D eigenvalue weighted by atomic mass is 35.5. The second kappa shape index (κ2) is 7.02. The third kappa shape index (κ3) is 4.04. The van der Waals surface area contributed by atoms with Crippen molar-refractivity contribution in [2.75, 3.05) is 13.2 Å². The second-order valence-corrected chi connectivity index (χ2v) is 4.12. The van der Waals surface area contributed by atoms with Crippen LogP contribution in [0.5, 0.6) is 0 Å². The van der Waals surface area contributed by atoms with Gasteiger partial charge in [-0.2, -0.15) is 5.26 Å². The SMILES string of the molecule is C=CCON(CC#N)C(=O)c1cc(Cl)cc(Cl)c1. The van der Waals surface area contributed by atoms with Gasteiger partial charge < -0.3 is 0 Å². The molecule has 94 valence electrons. The van der Waals surface area contributed by atoms with E-state index in [4.69, 9.17) is 33.3 Å². The third-order valence-electron chi connectivity index (χ3n) is 1.90. The third-order valence-corrected chi connectivity index (χ3v) is 2.34. The van der Waals surface area contributed by atoms with E-state index >= 15 is 0 Å². The van der Waals surface area contributed by atoms with Crippen molar-refractivity contribution in [3.63, 3.8) is 0 Å². The van der Waals surface area contributed by atoms with Crippen LogP contribution in [0.15, 0.2) is 30.9 Å². The number of rotatable bonds is 5. The zero-order valence-electron chi connectivity index (χ0n) is 9.40. The lowest BCUT2D eigenvalue weighted by Gasteiger charge is -2.18. The van der Waals surface area contributed by atoms with Crippen LogP contribution < -0.4 is 0 Å². The molecular formula is C12H10Cl2N2O2. The maximum atomic E-state index is 12.0. The number of hydrogen-bond acceptors (Lipinski definition) is 3. The first-order valence-corrected chi connectivity index (χ1v) is 5.72. The van der Waals surface area contributed by atoms with Crippen molar-refractivity contribution in [2.24, 2.45) is 0 Å². The zero-order chi connectivity index (χ0) is 13.5. The lowest BCUT2D eigenvalue weighted by Crippen LogP contribution is -2.31. The minimum absolute atomic E-state index is 0.127. The standard InChI is InChI=1S/C12H10Cl2N2O2/c1-2-5-18-16(4-3-15)12(17)9-6-10(13)8-11(14)7-9/h2,6-8H,1,4-5H2. The van der Waals surface area contributed by atoms with E-state index in [1.54, 1.807) is 0 Å². The average molecular weight is 285 g/mol. The molecule has 0 saturated carbocycles. The number of hydroxylamine groups is 2. The molecule has 0 aliphatic carbocycles. The summed E-state index contributed by atoms with van der Waals surface area (Å²) in [6.45, 7) is 3.39. The fourth-order valence-electron chi connectivity index (χ4n) is 1.20. The summed E-state index contributed by atoms with van der Waals surface area (Å²) in [5.41, 5.74) is 0.256. The highest BCUT2D eigenvalue weighted by Gasteiger charge is 2.17. The lowest BCUT2D eigenvalue weighted by atomic mass is 10.2. The van der Waals surface area contributed by atoms with Crippen LogP contribution in [0.1, 0.15) is 10.4 Å². The Kier molecular flexibility index (Phi) is 5.66. The molecule has 0 aliphatic rings. The number of amides is 1. The quantitative estimate of drug-likeness (QED) is 0.474. The van der Waals surface area contributed by atoms with Crippen molar-refractivity contribution < 1.29 is 9.63 Å². The number of nitrogens with zero attached hydrogens (tertiary/aromatic N) is 2. The molecule has 0 heterocycles. The molecule has 0 aliphatic heterocycles. The van der Waals surface area contributed by atoms with Crippen molar-refractivity contribution in [1.29, 1.82) is 5.26 Å². The molecule has 0 bridgehead atoms. The largest absolute Gasteiger partial charge is 0.278 e. The molecule has 1 aromatic rings. The van der Waals surface area contributed by atoms with Gasteiger partial charge in [-0.15, -0.1) is 6.58 Å². The van der Waals surface area contributed by atoms with Crippen LogP contribution >= 0.6 is 23.2 Å². The van der Waals surface area contributed by atoms with Gasteiger partial charge in [-0.05, 0) is 18.2 Å². The summed E-state index contributed by atoms with van der Waals surface area (Å²) in [7, 11) is 0. The van der Waals surface area contributed by atoms with E-state index in [-0.39, 0.29) is 18.7 Å². The van der Waals surface area contributed by atoms with Gasteiger partial charge in [-0.25, -0.2) is 5.06 Å². The van der Waals surface area contributed by atoms with Crippen molar-refractivity contribution >= 4 is 29.1 Å². The molecule has 0 spiro atoms. The van der Waals surface area contributed by atoms with Gasteiger partial charge in [0.05, 0.1) is 12.7 Å². The fraction of sp³-hybridized carbons (Fsp3) is 0.167. The molecule has 0 unspecified atom stereocenters. The Bertz CT molecular complexity index is 477. The molecule has 0 fully saturated rings. The molecular weight excluding hydrogens is 275 g/mol. The van der Waals surface area contributed by atoms with Gasteiger partial charge >= 0.3 is 0 Å². The average Bonchev–Trinajstić information content (AvgIpc) is 2.32. The van der Waals surface area contributed by atoms with E-state index < -0.39 is 5.91 Å². The summed E-state index contributed by atoms with van der Waals surface area (Å²) in [5.74, 6) is -0.484. The summed E-state index contributed by atoms with van der Waals surface area (Å²) in [6, 6.07) is 6.26. The van der Waals surface area contributed by atoms with Crippen LogP contribution in [0, 0.1) is 11.3 Å². The van der Waals surface area contributed by atoms with Gasteiger partial charge in [0.25, 0.3) is 5.91 Å². The Morgan fingerprint density at radius 2 is 2.06 bits per heavy atom. The number of hydrogen-bond donors (Lipinski definition) is 0. The number of carbonyl (C=O) groups is 1. The molecule has 1 amide bonds. The van der Waals surface area contributed by atoms with Crippen LogP contribution in [0.2, 0.25) is 10.0 Å². The first-order chi connectivity index (χ1) is 8.58. The molecule has 0 saturated heterocycles. The van der Waals surface area contributed by atoms with Crippen LogP contribution in [0.3, 0.4) is 0 Å². The number of nitriles is 1. The predicted octanol–water partition coefficient (Wildman–Crippen LogP) is 3.08. The fourth-order valence-corrected chi connectivity index (χ4v) is 1.73. The molecule has 0 radical (unpaired) electrons. The molecule has 1 aromatic carbocycles. The summed E-state index contributed by atoms with van der Waals surface area (Å²) >= 11 is 11.6. The van der Waals surface area contributed by atoms with Gasteiger partial charge in [0.2, 0.25) is 0 Å². The van der Waals surface area contributed by atoms with E-state index in [1.807, 2.05) is 6.07 Å². The minimum atomic E-state index is -0.484. The summed E-state index contributed by atoms with van der Waals surface area (Å²) in [5, 5.41) is 10.3. The smallest absolute Gasteiger partial charge is 0.267 e. The van der Waals surface area contributed by atoms with E-state index in [1.165, 1.54) is 24.3 Å². The van der Waals surface area contributed by atoms with Crippen LogP contribution in [0.4, 0.5) is 0 Å². The van der Waals surface area contributed by atoms with Crippen LogP contribution in [-0.2, 0) is 4.84 Å². The summed E-state index contributed by atoms with van der Waals surface area (Å²) in [4.78, 5) is 17.1. The molecule has 0 aromatic heterocycles. The highest BCUT2D eigenvalue weighted by Crippen LogP contribution is 2.20. The van der Waals surface area contributed by atoms with Crippen molar-refractivity contribution in [1.82, 2.24) is 5.06 Å². The first kappa shape index (κ1) is 14.5. The van der Waals surface area contributed by atoms with Gasteiger partial charge in [-0.1, -0.05) is 29.3 Å². The second-order valence-electron chi connectivity index (χ2n) is 3.24. The van der Waals surface area contributed by atoms with Gasteiger partial charge in [0.15, 0.2) is 0 Å². The van der Waals surface area contributed by atoms with E-state index in [0.717, 1.165) is 5.06 Å². The van der Waals surface area contributed by atoms with Crippen molar-refractivity contribution in [3.8, 4) is 6.07 Å². The maximum absolute atomic E-state index is 12.0. The molecule has 0 N–H and O–H groups in total. The van der Waals surface area contributed by atoms with Gasteiger partial charge in [0, 0.05) is 15.6 Å². The molecule has 0 atom stereocenters. The molecule has 4 nitrogen and oxygen atoms in total. The number of benzene rings is 1. The lowest BCUT2D eigenvalue weighted by molar-refractivity contribution is -0.103. The number of halogens is 2. The Balaban J connectivity index is 2.94. The summed E-state index contributed by atoms with van der Waals surface area (Å²) in [6.07, 6.45) is 1.47. The van der Waals surface area contributed by atoms with E-state index in [9.17, 15) is 4.79 Å². The normalized spacial score (nSPS) is 9.61. The van der Waals surface area contributed by atoms with Crippen molar-refractivity contribution in [3.05, 3.63) is 46.5 Å². The van der Waals surface area contributed by atoms with Crippen LogP contribution in [0.25, 0.3) is 0 Å². The van der Waals surface area contributed by atoms with Crippen LogP contribution in [-0.4, -0.2) is 24.1 Å². The van der Waals surface area contributed by atoms with Crippen molar-refractivity contribution in [2.45, 2.75) is 0 Å². The monoisotopic (exact) mass is 284 g/mol. The molecule has 6 heteroatoms. The Morgan fingerprint density at radius 3 is 2.56 bits per heavy atom. The summed E-state index contributed by atoms with van der Waals surface area (Å²) < 4.78 is 0. The zero-order valence-corrected chi connectivity index (χ0v) is 10.9. The Labute approximate surface area is 115 Å². The predicted molar refractivity (Wildman–Crippen MR) is 69.3 cm³/mol. The maximum Gasteiger partial charge on any atom is 0.278 e. The highest BCUT2D eigenvalue weighted by molar-refractivity contribution is 6.35. The topological polar surface area (TPSA) is 53.3 Å². The number of carbonyl (C=O) groups excluding carboxylic acids is 1. The first-order valence-electron chi connectivity index (χ1n) is 4.97. The van der Waals surface area contributed by atoms with Gasteiger partial charge in [-0.3, -0.25) is 9.63 Å². The van der Waals surface area contributed by atoms with E-state index in [0.29, 0.717) is 10.0 Å². The molecule has 1 rings (SSSR count). The minimum Gasteiger partial charge on any atom is -0.267 e. The Hall–Kier alpha value is -1.54. The molecule has 18 heavy (non-hydrogen) atoms. The van der Waals surface area contributed by atoms with E-state index in [2.05, 4.69) is 6.58 Å². The van der Waals surface area contributed by atoms with Gasteiger partial charge in [0.1, 0.15) is 6.54 Å².